The largest absolute Gasteiger partial charge is 0.494 e. The quantitative estimate of drug-likeness (QED) is 0.520. The maximum atomic E-state index is 5.24. The van der Waals surface area contributed by atoms with E-state index >= 15 is 0 Å². The van der Waals surface area contributed by atoms with Gasteiger partial charge in [-0.1, -0.05) is 13.5 Å². The van der Waals surface area contributed by atoms with Gasteiger partial charge in [-0.05, 0) is 24.5 Å². The molecule has 0 fully saturated rings. The van der Waals surface area contributed by atoms with Gasteiger partial charge in [-0.15, -0.1) is 0 Å². The average Bonchev–Trinajstić information content (AvgIpc) is 1.88. The van der Waals surface area contributed by atoms with Crippen LogP contribution in [0, 0.1) is 5.92 Å². The second-order valence-electron chi connectivity index (χ2n) is 2.39. The average molecular weight is 124 g/mol. The first-order valence-corrected chi connectivity index (χ1v) is 3.30. The molecule has 1 aliphatic rings. The lowest BCUT2D eigenvalue weighted by Gasteiger charge is -2.16. The normalized spacial score (nSPS) is 26.3. The fourth-order valence-corrected chi connectivity index (χ4v) is 0.902. The zero-order valence-corrected chi connectivity index (χ0v) is 5.76. The standard InChI is InChI=1S/C8H12O/c1-3-8-6-7(2)4-5-9-8/h3,6-7H,1,4-5H2,2H3/t7-/m1/s1. The van der Waals surface area contributed by atoms with E-state index in [0.717, 1.165) is 18.8 Å². The minimum Gasteiger partial charge on any atom is -0.494 e. The topological polar surface area (TPSA) is 9.23 Å². The Morgan fingerprint density at radius 3 is 3.11 bits per heavy atom. The SMILES string of the molecule is C=CC1=C[C@H](C)CCO1. The van der Waals surface area contributed by atoms with Gasteiger partial charge in [-0.2, -0.15) is 0 Å². The summed E-state index contributed by atoms with van der Waals surface area (Å²) in [7, 11) is 0. The minimum absolute atomic E-state index is 0.659. The van der Waals surface area contributed by atoms with Gasteiger partial charge in [0.1, 0.15) is 5.76 Å². The number of allylic oxidation sites excluding steroid dienone is 2. The number of ether oxygens (including phenoxy) is 1. The van der Waals surface area contributed by atoms with Crippen LogP contribution in [0.1, 0.15) is 13.3 Å². The summed E-state index contributed by atoms with van der Waals surface area (Å²) in [6.45, 7) is 6.66. The van der Waals surface area contributed by atoms with Crippen LogP contribution in [0.4, 0.5) is 0 Å². The molecule has 0 amide bonds. The smallest absolute Gasteiger partial charge is 0.114 e. The maximum Gasteiger partial charge on any atom is 0.114 e. The summed E-state index contributed by atoms with van der Waals surface area (Å²) in [6, 6.07) is 0. The van der Waals surface area contributed by atoms with Gasteiger partial charge in [0.25, 0.3) is 0 Å². The lowest BCUT2D eigenvalue weighted by molar-refractivity contribution is 0.189. The van der Waals surface area contributed by atoms with Crippen molar-refractivity contribution in [2.24, 2.45) is 5.92 Å². The summed E-state index contributed by atoms with van der Waals surface area (Å²) in [5.74, 6) is 1.60. The molecule has 1 aliphatic heterocycles. The first-order chi connectivity index (χ1) is 4.33. The highest BCUT2D eigenvalue weighted by atomic mass is 16.5. The number of hydrogen-bond acceptors (Lipinski definition) is 1. The van der Waals surface area contributed by atoms with Crippen LogP contribution < -0.4 is 0 Å². The third-order valence-electron chi connectivity index (χ3n) is 1.49. The van der Waals surface area contributed by atoms with Gasteiger partial charge in [-0.3, -0.25) is 0 Å². The molecule has 1 heterocycles. The molecule has 0 aromatic carbocycles. The minimum atomic E-state index is 0.659. The number of rotatable bonds is 1. The highest BCUT2D eigenvalue weighted by molar-refractivity contribution is 5.11. The molecule has 9 heavy (non-hydrogen) atoms. The van der Waals surface area contributed by atoms with E-state index in [1.54, 1.807) is 6.08 Å². The molecule has 1 nitrogen and oxygen atoms in total. The summed E-state index contributed by atoms with van der Waals surface area (Å²) in [4.78, 5) is 0. The Hall–Kier alpha value is -0.720. The molecule has 50 valence electrons. The monoisotopic (exact) mass is 124 g/mol. The molecule has 1 heteroatoms. The Kier molecular flexibility index (Phi) is 1.93. The molecule has 0 aliphatic carbocycles. The van der Waals surface area contributed by atoms with Gasteiger partial charge >= 0.3 is 0 Å². The third-order valence-corrected chi connectivity index (χ3v) is 1.49. The molecule has 0 aromatic rings. The number of hydrogen-bond donors (Lipinski definition) is 0. The molecule has 0 saturated carbocycles. The summed E-state index contributed by atoms with van der Waals surface area (Å²) in [5.41, 5.74) is 0. The zero-order chi connectivity index (χ0) is 6.69. The van der Waals surface area contributed by atoms with Crippen LogP contribution in [0.3, 0.4) is 0 Å². The maximum absolute atomic E-state index is 5.24. The van der Waals surface area contributed by atoms with E-state index in [0.29, 0.717) is 5.92 Å². The molecule has 1 rings (SSSR count). The van der Waals surface area contributed by atoms with Crippen LogP contribution in [0.15, 0.2) is 24.5 Å². The Morgan fingerprint density at radius 2 is 2.67 bits per heavy atom. The van der Waals surface area contributed by atoms with Crippen molar-refractivity contribution in [3.05, 3.63) is 24.5 Å². The van der Waals surface area contributed by atoms with E-state index in [4.69, 9.17) is 4.74 Å². The van der Waals surface area contributed by atoms with Gasteiger partial charge in [0.15, 0.2) is 0 Å². The van der Waals surface area contributed by atoms with Crippen molar-refractivity contribution in [1.82, 2.24) is 0 Å². The molecule has 1 atom stereocenters. The zero-order valence-electron chi connectivity index (χ0n) is 5.76. The Balaban J connectivity index is 2.59. The van der Waals surface area contributed by atoms with Crippen molar-refractivity contribution in [3.8, 4) is 0 Å². The van der Waals surface area contributed by atoms with Crippen molar-refractivity contribution >= 4 is 0 Å². The van der Waals surface area contributed by atoms with Gasteiger partial charge in [0.05, 0.1) is 6.61 Å². The summed E-state index contributed by atoms with van der Waals surface area (Å²) < 4.78 is 5.24. The molecule has 0 spiro atoms. The molecule has 0 radical (unpaired) electrons. The van der Waals surface area contributed by atoms with Crippen LogP contribution >= 0.6 is 0 Å². The third kappa shape index (κ3) is 1.60. The van der Waals surface area contributed by atoms with Crippen molar-refractivity contribution < 1.29 is 4.74 Å². The van der Waals surface area contributed by atoms with E-state index < -0.39 is 0 Å². The lowest BCUT2D eigenvalue weighted by Crippen LogP contribution is -2.06. The molecule has 0 saturated heterocycles. The first kappa shape index (κ1) is 6.40. The molecular weight excluding hydrogens is 112 g/mol. The highest BCUT2D eigenvalue weighted by Gasteiger charge is 2.06. The lowest BCUT2D eigenvalue weighted by atomic mass is 10.1. The van der Waals surface area contributed by atoms with E-state index in [2.05, 4.69) is 19.6 Å². The predicted molar refractivity (Wildman–Crippen MR) is 38.0 cm³/mol. The Labute approximate surface area is 56.0 Å². The molecule has 0 unspecified atom stereocenters. The van der Waals surface area contributed by atoms with E-state index in [9.17, 15) is 0 Å². The van der Waals surface area contributed by atoms with Crippen LogP contribution in [0.25, 0.3) is 0 Å². The predicted octanol–water partition coefficient (Wildman–Crippen LogP) is 2.11. The van der Waals surface area contributed by atoms with Crippen molar-refractivity contribution in [2.45, 2.75) is 13.3 Å². The highest BCUT2D eigenvalue weighted by Crippen LogP contribution is 2.15. The van der Waals surface area contributed by atoms with Crippen molar-refractivity contribution in [1.29, 1.82) is 0 Å². The van der Waals surface area contributed by atoms with Gasteiger partial charge in [-0.25, -0.2) is 0 Å². The van der Waals surface area contributed by atoms with E-state index in [1.165, 1.54) is 0 Å². The first-order valence-electron chi connectivity index (χ1n) is 3.30. The van der Waals surface area contributed by atoms with Crippen molar-refractivity contribution in [2.75, 3.05) is 6.61 Å². The van der Waals surface area contributed by atoms with Crippen LogP contribution in [0.2, 0.25) is 0 Å². The Bertz CT molecular complexity index is 136. The summed E-state index contributed by atoms with van der Waals surface area (Å²) in [5, 5.41) is 0. The molecule has 0 bridgehead atoms. The fourth-order valence-electron chi connectivity index (χ4n) is 0.902. The van der Waals surface area contributed by atoms with E-state index in [1.807, 2.05) is 0 Å². The van der Waals surface area contributed by atoms with Crippen LogP contribution in [0.5, 0.6) is 0 Å². The van der Waals surface area contributed by atoms with Gasteiger partial charge in [0.2, 0.25) is 0 Å². The fraction of sp³-hybridized carbons (Fsp3) is 0.500. The molecule has 0 N–H and O–H groups in total. The van der Waals surface area contributed by atoms with Crippen LogP contribution in [-0.4, -0.2) is 6.61 Å². The van der Waals surface area contributed by atoms with Crippen LogP contribution in [-0.2, 0) is 4.74 Å². The van der Waals surface area contributed by atoms with Gasteiger partial charge < -0.3 is 4.74 Å². The van der Waals surface area contributed by atoms with E-state index in [-0.39, 0.29) is 0 Å². The molecule has 0 aromatic heterocycles. The second-order valence-corrected chi connectivity index (χ2v) is 2.39. The summed E-state index contributed by atoms with van der Waals surface area (Å²) in [6.07, 6.45) is 5.00. The second kappa shape index (κ2) is 2.72. The summed E-state index contributed by atoms with van der Waals surface area (Å²) >= 11 is 0. The molecular formula is C8H12O. The Morgan fingerprint density at radius 1 is 1.89 bits per heavy atom. The van der Waals surface area contributed by atoms with Crippen molar-refractivity contribution in [3.63, 3.8) is 0 Å². The van der Waals surface area contributed by atoms with Gasteiger partial charge in [0, 0.05) is 0 Å².